The van der Waals surface area contributed by atoms with Gasteiger partial charge in [0.05, 0.1) is 40.2 Å². The Hall–Kier alpha value is -5.39. The number of urea groups is 1. The summed E-state index contributed by atoms with van der Waals surface area (Å²) in [6, 6.07) is 7.28. The second kappa shape index (κ2) is 18.5. The van der Waals surface area contributed by atoms with Crippen LogP contribution in [0.4, 0.5) is 4.79 Å². The molecule has 17 heteroatoms. The fourth-order valence-corrected chi connectivity index (χ4v) is 11.1. The van der Waals surface area contributed by atoms with Crippen molar-refractivity contribution in [3.05, 3.63) is 58.2 Å². The second-order valence-electron chi connectivity index (χ2n) is 19.3. The lowest BCUT2D eigenvalue weighted by molar-refractivity contribution is -0.155. The van der Waals surface area contributed by atoms with E-state index in [-0.39, 0.29) is 37.0 Å². The summed E-state index contributed by atoms with van der Waals surface area (Å²) >= 11 is 1.41. The minimum atomic E-state index is -1.08. The number of amides is 5. The van der Waals surface area contributed by atoms with E-state index in [9.17, 15) is 24.0 Å². The summed E-state index contributed by atoms with van der Waals surface area (Å²) in [5, 5.41) is 11.0. The number of pyridine rings is 1. The van der Waals surface area contributed by atoms with Gasteiger partial charge in [0.1, 0.15) is 18.1 Å². The van der Waals surface area contributed by atoms with Crippen molar-refractivity contribution >= 4 is 52.0 Å². The molecule has 348 valence electrons. The number of carbonyl (C=O) groups is 5. The van der Waals surface area contributed by atoms with Crippen molar-refractivity contribution in [2.24, 2.45) is 16.7 Å². The molecular formula is C48H63N9O7S. The normalized spacial score (nSPS) is 23.4. The predicted octanol–water partition coefficient (Wildman–Crippen LogP) is 5.49. The van der Waals surface area contributed by atoms with Crippen molar-refractivity contribution in [2.45, 2.75) is 111 Å². The molecule has 3 saturated heterocycles. The number of likely N-dealkylation sites (N-methyl/N-ethyl adjacent to an activating group) is 1. The van der Waals surface area contributed by atoms with Crippen molar-refractivity contribution < 1.29 is 33.4 Å². The molecule has 4 aliphatic heterocycles. The Bertz CT molecular complexity index is 2480. The first kappa shape index (κ1) is 46.2. The van der Waals surface area contributed by atoms with Crippen molar-refractivity contribution in [3.8, 4) is 22.5 Å². The summed E-state index contributed by atoms with van der Waals surface area (Å²) in [6.45, 7) is 14.5. The molecule has 3 fully saturated rings. The number of nitrogens with one attached hydrogen (secondary N) is 3. The fraction of sp³-hybridized carbons (Fsp3) is 0.562. The molecule has 1 aromatic carbocycles. The summed E-state index contributed by atoms with van der Waals surface area (Å²) in [7, 11) is 3.29. The van der Waals surface area contributed by atoms with E-state index in [1.807, 2.05) is 32.2 Å². The van der Waals surface area contributed by atoms with Crippen LogP contribution in [-0.2, 0) is 48.0 Å². The molecule has 0 saturated carbocycles. The number of fused-ring (bicyclic) bond motifs is 6. The summed E-state index contributed by atoms with van der Waals surface area (Å²) in [6.07, 6.45) is 4.44. The van der Waals surface area contributed by atoms with Gasteiger partial charge in [-0.2, -0.15) is 0 Å². The number of benzene rings is 1. The molecule has 0 radical (unpaired) electrons. The smallest absolute Gasteiger partial charge is 0.324 e. The van der Waals surface area contributed by atoms with Crippen LogP contribution in [-0.4, -0.2) is 124 Å². The number of rotatable bonds is 8. The Labute approximate surface area is 384 Å². The van der Waals surface area contributed by atoms with E-state index >= 15 is 0 Å². The highest BCUT2D eigenvalue weighted by molar-refractivity contribution is 7.10. The number of likely N-dealkylation sites (tertiary alicyclic amines) is 1. The number of hydrogen-bond donors (Lipinski definition) is 3. The van der Waals surface area contributed by atoms with Gasteiger partial charge < -0.3 is 34.5 Å². The maximum Gasteiger partial charge on any atom is 0.324 e. The Morgan fingerprint density at radius 2 is 1.92 bits per heavy atom. The Balaban J connectivity index is 1.15. The van der Waals surface area contributed by atoms with Gasteiger partial charge >= 0.3 is 12.0 Å². The highest BCUT2D eigenvalue weighted by Crippen LogP contribution is 2.42. The van der Waals surface area contributed by atoms with E-state index in [1.54, 1.807) is 25.3 Å². The number of aromatic nitrogens is 3. The van der Waals surface area contributed by atoms with Crippen molar-refractivity contribution in [1.29, 1.82) is 0 Å². The third-order valence-electron chi connectivity index (χ3n) is 13.8. The van der Waals surface area contributed by atoms with Crippen LogP contribution in [0.1, 0.15) is 89.6 Å². The molecule has 0 unspecified atom stereocenters. The first-order valence-corrected chi connectivity index (χ1v) is 23.8. The highest BCUT2D eigenvalue weighted by Gasteiger charge is 2.50. The number of carbonyl (C=O) groups excluding carboxylic acids is 5. The molecule has 3 N–H and O–H groups in total. The molecule has 1 spiro atoms. The lowest BCUT2D eigenvalue weighted by atomic mass is 9.84. The average molecular weight is 910 g/mol. The lowest BCUT2D eigenvalue weighted by Gasteiger charge is -2.37. The van der Waals surface area contributed by atoms with Crippen LogP contribution in [0.15, 0.2) is 41.9 Å². The van der Waals surface area contributed by atoms with Crippen LogP contribution in [0.5, 0.6) is 0 Å². The number of methoxy groups -OCH3 is 1. The van der Waals surface area contributed by atoms with E-state index in [0.29, 0.717) is 69.8 Å². The van der Waals surface area contributed by atoms with E-state index in [1.165, 1.54) is 21.2 Å². The molecule has 3 aromatic heterocycles. The largest absolute Gasteiger partial charge is 0.464 e. The SMILES string of the molecule is CCn1c(-c2cccnc2[C@H](C)OC)c2c3cc(ccc31)-c1csc(n1)C[C@H](NC(=O)[C@H](C(C)C)N(C)C(=O)N1CC[C@@]3(CCNC3=O)C1)C(=O)N1CCC[C@H](N1)C(=O)OCC(C)(C)C2. The van der Waals surface area contributed by atoms with Gasteiger partial charge in [-0.25, -0.2) is 15.2 Å². The van der Waals surface area contributed by atoms with Crippen LogP contribution in [0, 0.1) is 16.7 Å². The van der Waals surface area contributed by atoms with Crippen molar-refractivity contribution in [2.75, 3.05) is 46.9 Å². The molecular weight excluding hydrogens is 847 g/mol. The summed E-state index contributed by atoms with van der Waals surface area (Å²) in [4.78, 5) is 82.7. The molecule has 4 aromatic rings. The third-order valence-corrected chi connectivity index (χ3v) is 14.6. The molecule has 6 bridgehead atoms. The molecule has 0 aliphatic carbocycles. The number of nitrogens with zero attached hydrogens (tertiary/aromatic N) is 6. The van der Waals surface area contributed by atoms with E-state index in [2.05, 4.69) is 65.7 Å². The van der Waals surface area contributed by atoms with Crippen LogP contribution in [0.2, 0.25) is 0 Å². The molecule has 16 nitrogen and oxygen atoms in total. The van der Waals surface area contributed by atoms with Crippen LogP contribution in [0.25, 0.3) is 33.4 Å². The summed E-state index contributed by atoms with van der Waals surface area (Å²) < 4.78 is 14.2. The van der Waals surface area contributed by atoms with Crippen LogP contribution >= 0.6 is 11.3 Å². The molecule has 7 heterocycles. The van der Waals surface area contributed by atoms with Gasteiger partial charge in [-0.05, 0) is 81.7 Å². The Kier molecular flexibility index (Phi) is 13.1. The van der Waals surface area contributed by atoms with Crippen LogP contribution in [0.3, 0.4) is 0 Å². The van der Waals surface area contributed by atoms with Gasteiger partial charge in [0.15, 0.2) is 0 Å². The zero-order valence-electron chi connectivity index (χ0n) is 38.9. The zero-order chi connectivity index (χ0) is 46.4. The number of hydrazine groups is 1. The first-order chi connectivity index (χ1) is 31.0. The average Bonchev–Trinajstić information content (AvgIpc) is 4.10. The Morgan fingerprint density at radius 1 is 1.12 bits per heavy atom. The van der Waals surface area contributed by atoms with Gasteiger partial charge in [-0.15, -0.1) is 11.3 Å². The molecule has 5 amide bonds. The minimum absolute atomic E-state index is 0.0310. The molecule has 4 aliphatic rings. The number of thiazole rings is 1. The van der Waals surface area contributed by atoms with Gasteiger partial charge in [-0.3, -0.25) is 29.2 Å². The zero-order valence-corrected chi connectivity index (χ0v) is 39.7. The van der Waals surface area contributed by atoms with E-state index in [4.69, 9.17) is 19.4 Å². The second-order valence-corrected chi connectivity index (χ2v) is 20.3. The third kappa shape index (κ3) is 8.98. The number of esters is 1. The fourth-order valence-electron chi connectivity index (χ4n) is 10.2. The topological polar surface area (TPSA) is 180 Å². The van der Waals surface area contributed by atoms with Gasteiger partial charge in [-0.1, -0.05) is 33.8 Å². The van der Waals surface area contributed by atoms with Gasteiger partial charge in [0, 0.05) is 92.3 Å². The monoisotopic (exact) mass is 909 g/mol. The Morgan fingerprint density at radius 3 is 2.65 bits per heavy atom. The van der Waals surface area contributed by atoms with Crippen LogP contribution < -0.4 is 16.1 Å². The predicted molar refractivity (Wildman–Crippen MR) is 247 cm³/mol. The van der Waals surface area contributed by atoms with Crippen molar-refractivity contribution in [3.63, 3.8) is 0 Å². The number of ether oxygens (including phenoxy) is 2. The molecule has 5 atom stereocenters. The highest BCUT2D eigenvalue weighted by atomic mass is 32.1. The number of hydrogen-bond acceptors (Lipinski definition) is 11. The minimum Gasteiger partial charge on any atom is -0.464 e. The number of cyclic esters (lactones) is 1. The van der Waals surface area contributed by atoms with Gasteiger partial charge in [0.2, 0.25) is 11.8 Å². The quantitative estimate of drug-likeness (QED) is 0.192. The first-order valence-electron chi connectivity index (χ1n) is 23.0. The molecule has 8 rings (SSSR count). The maximum atomic E-state index is 14.6. The standard InChI is InChI=1S/C48H63N9O7S/c1-9-56-37-15-14-30-22-32(37)33(41(56)31-12-10-18-49-39(31)29(4)63-8)24-47(5,6)27-64-44(60)34-13-11-20-57(53-34)43(59)35(23-38-51-36(30)25-65-38)52-42(58)40(28(2)3)54(7)46(62)55-21-17-48(26-55)16-19-50-45(48)61/h10,12,14-15,18,22,25,28-29,34-35,40,53H,9,11,13,16-17,19-21,23-24,26-27H2,1-8H3,(H,50,61)(H,52,58)/t29-,34-,35-,40-,48-/m0/s1. The van der Waals surface area contributed by atoms with Crippen molar-refractivity contribution in [1.82, 2.24) is 45.4 Å². The van der Waals surface area contributed by atoms with E-state index in [0.717, 1.165) is 44.7 Å². The summed E-state index contributed by atoms with van der Waals surface area (Å²) in [5.41, 5.74) is 8.68. The lowest BCUT2D eigenvalue weighted by Crippen LogP contribution is -2.62. The molecule has 65 heavy (non-hydrogen) atoms. The van der Waals surface area contributed by atoms with Gasteiger partial charge in [0.25, 0.3) is 5.91 Å². The van der Waals surface area contributed by atoms with E-state index < -0.39 is 46.7 Å². The summed E-state index contributed by atoms with van der Waals surface area (Å²) in [5.74, 6) is -1.71. The maximum absolute atomic E-state index is 14.6. The number of aryl methyl sites for hydroxylation is 1.